The molecule has 3 heterocycles. The largest absolute Gasteiger partial charge is 0.473 e. The highest BCUT2D eigenvalue weighted by atomic mass is 16.5. The number of pyridine rings is 1. The molecule has 0 radical (unpaired) electrons. The van der Waals surface area contributed by atoms with Crippen molar-refractivity contribution in [1.29, 1.82) is 0 Å². The molecule has 3 aromatic rings. The molecule has 2 aromatic heterocycles. The smallest absolute Gasteiger partial charge is 0.241 e. The molecule has 6 nitrogen and oxygen atoms in total. The van der Waals surface area contributed by atoms with Crippen LogP contribution in [0.2, 0.25) is 0 Å². The Bertz CT molecular complexity index is 1000. The highest BCUT2D eigenvalue weighted by Crippen LogP contribution is 2.31. The SMILES string of the molecule is Cn1nc(OC2CCCC2)c2ccc(NC3=NCc4cccnc43)cc21. The molecule has 0 saturated heterocycles. The Labute approximate surface area is 151 Å². The number of hydrogen-bond acceptors (Lipinski definition) is 5. The first-order valence-electron chi connectivity index (χ1n) is 9.17. The van der Waals surface area contributed by atoms with Crippen molar-refractivity contribution in [3.63, 3.8) is 0 Å². The Morgan fingerprint density at radius 3 is 2.96 bits per heavy atom. The van der Waals surface area contributed by atoms with Gasteiger partial charge in [-0.25, -0.2) is 0 Å². The van der Waals surface area contributed by atoms with Crippen LogP contribution in [0.5, 0.6) is 5.88 Å². The van der Waals surface area contributed by atoms with E-state index in [4.69, 9.17) is 4.74 Å². The number of aliphatic imine (C=N–C) groups is 1. The summed E-state index contributed by atoms with van der Waals surface area (Å²) in [6.07, 6.45) is 6.87. The van der Waals surface area contributed by atoms with Gasteiger partial charge in [0.15, 0.2) is 5.84 Å². The Hall–Kier alpha value is -2.89. The summed E-state index contributed by atoms with van der Waals surface area (Å²) in [6.45, 7) is 0.679. The maximum absolute atomic E-state index is 6.14. The number of ether oxygens (including phenoxy) is 1. The van der Waals surface area contributed by atoms with Gasteiger partial charge in [-0.05, 0) is 49.9 Å². The van der Waals surface area contributed by atoms with Crippen LogP contribution in [0.4, 0.5) is 5.69 Å². The zero-order valence-electron chi connectivity index (χ0n) is 14.8. The molecule has 0 spiro atoms. The molecule has 6 heteroatoms. The summed E-state index contributed by atoms with van der Waals surface area (Å²) in [5.74, 6) is 1.57. The number of aryl methyl sites for hydroxylation is 1. The van der Waals surface area contributed by atoms with E-state index in [1.165, 1.54) is 12.8 Å². The lowest BCUT2D eigenvalue weighted by molar-refractivity contribution is 0.202. The Morgan fingerprint density at radius 1 is 1.19 bits per heavy atom. The van der Waals surface area contributed by atoms with E-state index in [-0.39, 0.29) is 0 Å². The van der Waals surface area contributed by atoms with Crippen molar-refractivity contribution < 1.29 is 4.74 Å². The molecule has 1 aliphatic heterocycles. The second-order valence-electron chi connectivity index (χ2n) is 6.99. The van der Waals surface area contributed by atoms with Crippen LogP contribution in [-0.2, 0) is 13.6 Å². The first-order chi connectivity index (χ1) is 12.8. The first-order valence-corrected chi connectivity index (χ1v) is 9.17. The monoisotopic (exact) mass is 347 g/mol. The summed E-state index contributed by atoms with van der Waals surface area (Å²) in [5, 5.41) is 9.04. The summed E-state index contributed by atoms with van der Waals surface area (Å²) in [6, 6.07) is 10.2. The highest BCUT2D eigenvalue weighted by molar-refractivity contribution is 6.09. The standard InChI is InChI=1S/C20H21N5O/c1-25-17-11-14(23-19-18-13(12-22-19)5-4-10-21-18)8-9-16(17)20(24-25)26-15-6-2-3-7-15/h4-5,8-11,15H,2-3,6-7,12H2,1H3,(H,22,23). The average Bonchev–Trinajstić information content (AvgIpc) is 3.37. The van der Waals surface area contributed by atoms with Crippen LogP contribution in [0.25, 0.3) is 10.9 Å². The molecule has 26 heavy (non-hydrogen) atoms. The minimum atomic E-state index is 0.307. The van der Waals surface area contributed by atoms with Gasteiger partial charge in [-0.2, -0.15) is 0 Å². The van der Waals surface area contributed by atoms with Crippen molar-refractivity contribution >= 4 is 22.4 Å². The van der Waals surface area contributed by atoms with Crippen LogP contribution in [0.15, 0.2) is 41.5 Å². The molecule has 0 bridgehead atoms. The molecule has 1 fully saturated rings. The minimum Gasteiger partial charge on any atom is -0.473 e. The lowest BCUT2D eigenvalue weighted by Gasteiger charge is -2.10. The molecule has 0 atom stereocenters. The van der Waals surface area contributed by atoms with Crippen LogP contribution in [0, 0.1) is 0 Å². The number of fused-ring (bicyclic) bond motifs is 2. The van der Waals surface area contributed by atoms with Gasteiger partial charge in [-0.15, -0.1) is 5.10 Å². The van der Waals surface area contributed by atoms with E-state index < -0.39 is 0 Å². The maximum Gasteiger partial charge on any atom is 0.241 e. The topological polar surface area (TPSA) is 64.3 Å². The minimum absolute atomic E-state index is 0.307. The van der Waals surface area contributed by atoms with Crippen molar-refractivity contribution in [2.45, 2.75) is 38.3 Å². The maximum atomic E-state index is 6.14. The van der Waals surface area contributed by atoms with E-state index >= 15 is 0 Å². The molecular formula is C20H21N5O. The number of benzene rings is 1. The molecule has 1 N–H and O–H groups in total. The molecule has 0 unspecified atom stereocenters. The fraction of sp³-hybridized carbons (Fsp3) is 0.350. The van der Waals surface area contributed by atoms with Crippen LogP contribution in [0.3, 0.4) is 0 Å². The second kappa shape index (κ2) is 6.12. The number of amidine groups is 1. The second-order valence-corrected chi connectivity index (χ2v) is 6.99. The summed E-state index contributed by atoms with van der Waals surface area (Å²) < 4.78 is 8.03. The number of hydrogen-bond donors (Lipinski definition) is 1. The Balaban J connectivity index is 1.43. The molecule has 1 aromatic carbocycles. The fourth-order valence-electron chi connectivity index (χ4n) is 3.81. The number of anilines is 1. The summed E-state index contributed by atoms with van der Waals surface area (Å²) in [4.78, 5) is 9.02. The van der Waals surface area contributed by atoms with Gasteiger partial charge in [0.2, 0.25) is 5.88 Å². The third kappa shape index (κ3) is 2.62. The fourth-order valence-corrected chi connectivity index (χ4v) is 3.81. The summed E-state index contributed by atoms with van der Waals surface area (Å²) >= 11 is 0. The van der Waals surface area contributed by atoms with Gasteiger partial charge in [-0.3, -0.25) is 14.7 Å². The first kappa shape index (κ1) is 15.4. The lowest BCUT2D eigenvalue weighted by Crippen LogP contribution is -2.13. The quantitative estimate of drug-likeness (QED) is 0.785. The number of nitrogens with one attached hydrogen (secondary N) is 1. The van der Waals surface area contributed by atoms with Crippen molar-refractivity contribution in [1.82, 2.24) is 14.8 Å². The molecule has 5 rings (SSSR count). The molecule has 132 valence electrons. The van der Waals surface area contributed by atoms with Crippen LogP contribution >= 0.6 is 0 Å². The molecule has 2 aliphatic rings. The summed E-state index contributed by atoms with van der Waals surface area (Å²) in [5.41, 5.74) is 4.11. The zero-order chi connectivity index (χ0) is 17.5. The van der Waals surface area contributed by atoms with Gasteiger partial charge in [0.05, 0.1) is 17.4 Å². The van der Waals surface area contributed by atoms with Crippen molar-refractivity contribution in [2.75, 3.05) is 5.32 Å². The van der Waals surface area contributed by atoms with E-state index in [1.54, 1.807) is 6.20 Å². The molecule has 0 amide bonds. The molecule has 1 saturated carbocycles. The van der Waals surface area contributed by atoms with E-state index in [2.05, 4.69) is 44.7 Å². The van der Waals surface area contributed by atoms with Gasteiger partial charge >= 0.3 is 0 Å². The summed E-state index contributed by atoms with van der Waals surface area (Å²) in [7, 11) is 1.96. The van der Waals surface area contributed by atoms with E-state index in [9.17, 15) is 0 Å². The third-order valence-corrected chi connectivity index (χ3v) is 5.18. The Kier molecular flexibility index (Phi) is 3.62. The van der Waals surface area contributed by atoms with Crippen LogP contribution in [-0.4, -0.2) is 26.7 Å². The lowest BCUT2D eigenvalue weighted by atomic mass is 10.2. The van der Waals surface area contributed by atoms with Gasteiger partial charge < -0.3 is 10.1 Å². The molecular weight excluding hydrogens is 326 g/mol. The normalized spacial score (nSPS) is 16.7. The number of nitrogens with zero attached hydrogens (tertiary/aromatic N) is 4. The predicted octanol–water partition coefficient (Wildman–Crippen LogP) is 3.66. The molecule has 1 aliphatic carbocycles. The van der Waals surface area contributed by atoms with Gasteiger partial charge in [0.1, 0.15) is 11.8 Å². The van der Waals surface area contributed by atoms with E-state index in [0.717, 1.165) is 52.4 Å². The highest BCUT2D eigenvalue weighted by Gasteiger charge is 2.21. The number of rotatable bonds is 3. The Morgan fingerprint density at radius 2 is 2.08 bits per heavy atom. The zero-order valence-corrected chi connectivity index (χ0v) is 14.8. The van der Waals surface area contributed by atoms with E-state index in [0.29, 0.717) is 12.6 Å². The average molecular weight is 347 g/mol. The third-order valence-electron chi connectivity index (χ3n) is 5.18. The number of aromatic nitrogens is 3. The van der Waals surface area contributed by atoms with E-state index in [1.807, 2.05) is 17.8 Å². The van der Waals surface area contributed by atoms with Crippen molar-refractivity contribution in [3.8, 4) is 5.88 Å². The van der Waals surface area contributed by atoms with Crippen molar-refractivity contribution in [2.24, 2.45) is 12.0 Å². The van der Waals surface area contributed by atoms with Gasteiger partial charge in [-0.1, -0.05) is 6.07 Å². The van der Waals surface area contributed by atoms with Crippen molar-refractivity contribution in [3.05, 3.63) is 47.8 Å². The van der Waals surface area contributed by atoms with Gasteiger partial charge in [0.25, 0.3) is 0 Å². The van der Waals surface area contributed by atoms with Crippen LogP contribution in [0.1, 0.15) is 36.9 Å². The van der Waals surface area contributed by atoms with Crippen LogP contribution < -0.4 is 10.1 Å². The van der Waals surface area contributed by atoms with Gasteiger partial charge in [0, 0.05) is 24.5 Å². The predicted molar refractivity (Wildman–Crippen MR) is 102 cm³/mol.